The van der Waals surface area contributed by atoms with Crippen LogP contribution in [-0.4, -0.2) is 19.4 Å². The van der Waals surface area contributed by atoms with E-state index in [9.17, 15) is 9.90 Å². The minimum Gasteiger partial charge on any atom is -0.493 e. The molecule has 3 heterocycles. The Hall–Kier alpha value is -1.98. The van der Waals surface area contributed by atoms with Crippen molar-refractivity contribution < 1.29 is 9.63 Å². The van der Waals surface area contributed by atoms with Gasteiger partial charge in [0.1, 0.15) is 11.4 Å². The van der Waals surface area contributed by atoms with Crippen LogP contribution in [0.15, 0.2) is 9.32 Å². The molecule has 0 aromatic carbocycles. The predicted molar refractivity (Wildman–Crippen MR) is 64.2 cm³/mol. The summed E-state index contributed by atoms with van der Waals surface area (Å²) in [6.07, 6.45) is 2.70. The fourth-order valence-electron chi connectivity index (χ4n) is 2.62. The molecule has 18 heavy (non-hydrogen) atoms. The zero-order valence-corrected chi connectivity index (χ0v) is 10.4. The highest BCUT2D eigenvalue weighted by atomic mass is 16.5. The van der Waals surface area contributed by atoms with E-state index >= 15 is 0 Å². The van der Waals surface area contributed by atoms with Crippen molar-refractivity contribution in [3.63, 3.8) is 0 Å². The van der Waals surface area contributed by atoms with Gasteiger partial charge in [-0.3, -0.25) is 4.57 Å². The number of hydrogen-bond acceptors (Lipinski definition) is 4. The summed E-state index contributed by atoms with van der Waals surface area (Å²) in [6.45, 7) is 4.16. The van der Waals surface area contributed by atoms with Gasteiger partial charge in [-0.2, -0.15) is 0 Å². The van der Waals surface area contributed by atoms with E-state index in [1.165, 1.54) is 4.57 Å². The van der Waals surface area contributed by atoms with E-state index in [1.807, 2.05) is 0 Å². The van der Waals surface area contributed by atoms with E-state index in [2.05, 4.69) is 5.16 Å². The predicted octanol–water partition coefficient (Wildman–Crippen LogP) is 1.29. The summed E-state index contributed by atoms with van der Waals surface area (Å²) in [7, 11) is 0. The fraction of sp³-hybridized carbons (Fsp3) is 0.500. The molecule has 0 aliphatic carbocycles. The summed E-state index contributed by atoms with van der Waals surface area (Å²) in [5.74, 6) is 0.557. The number of aryl methyl sites for hydroxylation is 2. The van der Waals surface area contributed by atoms with Gasteiger partial charge in [-0.05, 0) is 33.1 Å². The summed E-state index contributed by atoms with van der Waals surface area (Å²) in [5.41, 5.74) is 1.66. The second kappa shape index (κ2) is 3.76. The Kier molecular flexibility index (Phi) is 2.33. The van der Waals surface area contributed by atoms with Crippen molar-refractivity contribution in [2.75, 3.05) is 0 Å². The van der Waals surface area contributed by atoms with Crippen molar-refractivity contribution in [3.8, 4) is 11.6 Å². The van der Waals surface area contributed by atoms with Crippen molar-refractivity contribution in [1.82, 2.24) is 14.3 Å². The first-order chi connectivity index (χ1) is 8.61. The lowest BCUT2D eigenvalue weighted by Gasteiger charge is -2.11. The number of rotatable bonds is 1. The zero-order chi connectivity index (χ0) is 12.9. The van der Waals surface area contributed by atoms with Crippen LogP contribution in [-0.2, 0) is 13.0 Å². The number of fused-ring (bicyclic) bond motifs is 1. The Balaban J connectivity index is 2.31. The second-order valence-electron chi connectivity index (χ2n) is 4.67. The molecule has 0 saturated carbocycles. The van der Waals surface area contributed by atoms with Gasteiger partial charge in [-0.25, -0.2) is 9.36 Å². The summed E-state index contributed by atoms with van der Waals surface area (Å²) in [4.78, 5) is 12.3. The van der Waals surface area contributed by atoms with E-state index in [4.69, 9.17) is 4.52 Å². The van der Waals surface area contributed by atoms with Gasteiger partial charge in [0, 0.05) is 6.54 Å². The molecule has 2 aromatic heterocycles. The van der Waals surface area contributed by atoms with Crippen LogP contribution in [0.1, 0.15) is 30.0 Å². The van der Waals surface area contributed by atoms with E-state index < -0.39 is 0 Å². The molecule has 6 heteroatoms. The van der Waals surface area contributed by atoms with Crippen LogP contribution in [0.5, 0.6) is 5.88 Å². The Morgan fingerprint density at radius 1 is 1.33 bits per heavy atom. The molecule has 96 valence electrons. The minimum absolute atomic E-state index is 0.0223. The molecule has 0 atom stereocenters. The zero-order valence-electron chi connectivity index (χ0n) is 10.4. The first-order valence-corrected chi connectivity index (χ1v) is 6.08. The fourth-order valence-corrected chi connectivity index (χ4v) is 2.62. The topological polar surface area (TPSA) is 73.2 Å². The molecule has 0 saturated heterocycles. The third-order valence-corrected chi connectivity index (χ3v) is 3.48. The molecule has 0 bridgehead atoms. The second-order valence-corrected chi connectivity index (χ2v) is 4.67. The lowest BCUT2D eigenvalue weighted by molar-refractivity contribution is 0.391. The molecule has 1 N–H and O–H groups in total. The van der Waals surface area contributed by atoms with Gasteiger partial charge in [0.25, 0.3) is 0 Å². The highest BCUT2D eigenvalue weighted by Gasteiger charge is 2.25. The maximum atomic E-state index is 12.3. The molecule has 1 aliphatic rings. The van der Waals surface area contributed by atoms with Crippen molar-refractivity contribution in [1.29, 1.82) is 0 Å². The first kappa shape index (κ1) is 11.1. The van der Waals surface area contributed by atoms with Crippen LogP contribution in [0.25, 0.3) is 5.69 Å². The third-order valence-electron chi connectivity index (χ3n) is 3.48. The van der Waals surface area contributed by atoms with Crippen molar-refractivity contribution in [3.05, 3.63) is 27.6 Å². The Bertz CT molecular complexity index is 643. The molecule has 3 rings (SSSR count). The van der Waals surface area contributed by atoms with E-state index in [1.54, 1.807) is 18.4 Å². The Labute approximate surface area is 103 Å². The molecular weight excluding hydrogens is 234 g/mol. The molecule has 1 aliphatic heterocycles. The molecular formula is C12H15N3O3. The minimum atomic E-state index is -0.211. The number of imidazole rings is 1. The van der Waals surface area contributed by atoms with Gasteiger partial charge in [0.05, 0.1) is 5.69 Å². The van der Waals surface area contributed by atoms with Crippen LogP contribution in [0.3, 0.4) is 0 Å². The summed E-state index contributed by atoms with van der Waals surface area (Å²) >= 11 is 0. The average molecular weight is 249 g/mol. The highest BCUT2D eigenvalue weighted by molar-refractivity contribution is 5.43. The smallest absolute Gasteiger partial charge is 0.336 e. The Morgan fingerprint density at radius 2 is 2.11 bits per heavy atom. The van der Waals surface area contributed by atoms with Crippen LogP contribution < -0.4 is 5.69 Å². The van der Waals surface area contributed by atoms with Crippen molar-refractivity contribution in [2.45, 2.75) is 39.7 Å². The maximum absolute atomic E-state index is 12.3. The average Bonchev–Trinajstić information content (AvgIpc) is 2.81. The van der Waals surface area contributed by atoms with Crippen LogP contribution >= 0.6 is 0 Å². The normalized spacial score (nSPS) is 14.8. The first-order valence-electron chi connectivity index (χ1n) is 6.08. The molecule has 0 amide bonds. The summed E-state index contributed by atoms with van der Waals surface area (Å²) < 4.78 is 8.01. The van der Waals surface area contributed by atoms with Gasteiger partial charge in [0.15, 0.2) is 5.76 Å². The van der Waals surface area contributed by atoms with E-state index in [-0.39, 0.29) is 11.6 Å². The number of hydrogen-bond donors (Lipinski definition) is 1. The molecule has 0 radical (unpaired) electrons. The van der Waals surface area contributed by atoms with Gasteiger partial charge in [0.2, 0.25) is 5.88 Å². The van der Waals surface area contributed by atoms with Gasteiger partial charge >= 0.3 is 5.69 Å². The lowest BCUT2D eigenvalue weighted by atomic mass is 10.1. The van der Waals surface area contributed by atoms with E-state index in [0.29, 0.717) is 29.4 Å². The highest BCUT2D eigenvalue weighted by Crippen LogP contribution is 2.28. The molecule has 0 unspecified atom stereocenters. The molecule has 0 fully saturated rings. The SMILES string of the molecule is Cc1noc(C)c1-n1c(O)c2n(c1=O)CCCC2. The molecule has 0 spiro atoms. The van der Waals surface area contributed by atoms with Crippen molar-refractivity contribution in [2.24, 2.45) is 0 Å². The van der Waals surface area contributed by atoms with Crippen LogP contribution in [0.4, 0.5) is 0 Å². The van der Waals surface area contributed by atoms with Gasteiger partial charge in [-0.1, -0.05) is 5.16 Å². The number of nitrogens with zero attached hydrogens (tertiary/aromatic N) is 3. The third kappa shape index (κ3) is 1.35. The molecule has 6 nitrogen and oxygen atoms in total. The standard InChI is InChI=1S/C12H15N3O3/c1-7-10(8(2)18-13-7)15-11(16)9-5-3-4-6-14(9)12(15)17/h16H,3-6H2,1-2H3. The quantitative estimate of drug-likeness (QED) is 0.826. The maximum Gasteiger partial charge on any atom is 0.336 e. The summed E-state index contributed by atoms with van der Waals surface area (Å²) in [6, 6.07) is 0. The van der Waals surface area contributed by atoms with Gasteiger partial charge < -0.3 is 9.63 Å². The number of aromatic nitrogens is 3. The number of aromatic hydroxyl groups is 1. The van der Waals surface area contributed by atoms with Gasteiger partial charge in [-0.15, -0.1) is 0 Å². The lowest BCUT2D eigenvalue weighted by Crippen LogP contribution is -2.26. The Morgan fingerprint density at radius 3 is 2.72 bits per heavy atom. The molecule has 2 aromatic rings. The van der Waals surface area contributed by atoms with Crippen LogP contribution in [0, 0.1) is 13.8 Å². The largest absolute Gasteiger partial charge is 0.493 e. The summed E-state index contributed by atoms with van der Waals surface area (Å²) in [5, 5.41) is 14.1. The monoisotopic (exact) mass is 249 g/mol. The van der Waals surface area contributed by atoms with Crippen LogP contribution in [0.2, 0.25) is 0 Å². The van der Waals surface area contributed by atoms with E-state index in [0.717, 1.165) is 19.3 Å². The van der Waals surface area contributed by atoms with Crippen molar-refractivity contribution >= 4 is 0 Å².